The van der Waals surface area contributed by atoms with Gasteiger partial charge in [0.1, 0.15) is 4.83 Å². The smallest absolute Gasteiger partial charge is 0.134 e. The van der Waals surface area contributed by atoms with Crippen LogP contribution in [0, 0.1) is 0 Å². The Bertz CT molecular complexity index is 368. The van der Waals surface area contributed by atoms with Crippen molar-refractivity contribution in [3.8, 4) is 0 Å². The number of hydrogen-bond acceptors (Lipinski definition) is 3. The molecule has 0 aliphatic carbocycles. The zero-order chi connectivity index (χ0) is 10.3. The van der Waals surface area contributed by atoms with E-state index >= 15 is 0 Å². The predicted molar refractivity (Wildman–Crippen MR) is 65.7 cm³/mol. The molecule has 0 fully saturated rings. The van der Waals surface area contributed by atoms with Gasteiger partial charge >= 0.3 is 0 Å². The predicted octanol–water partition coefficient (Wildman–Crippen LogP) is 4.60. The van der Waals surface area contributed by atoms with Crippen LogP contribution in [-0.4, -0.2) is 4.98 Å². The van der Waals surface area contributed by atoms with Crippen LogP contribution in [0.25, 0.3) is 9.53 Å². The van der Waals surface area contributed by atoms with Crippen molar-refractivity contribution in [2.75, 3.05) is 0 Å². The largest absolute Gasteiger partial charge is 0.230 e. The topological polar surface area (TPSA) is 12.9 Å². The van der Waals surface area contributed by atoms with E-state index in [-0.39, 0.29) is 0 Å². The lowest BCUT2D eigenvalue weighted by Gasteiger charge is -1.98. The molecule has 2 aromatic heterocycles. The zero-order valence-electron chi connectivity index (χ0n) is 9.00. The minimum atomic E-state index is 0.557. The van der Waals surface area contributed by atoms with E-state index in [2.05, 4.69) is 38.7 Å². The van der Waals surface area contributed by atoms with E-state index in [9.17, 15) is 0 Å². The van der Waals surface area contributed by atoms with Gasteiger partial charge in [-0.3, -0.25) is 0 Å². The summed E-state index contributed by atoms with van der Waals surface area (Å²) < 4.78 is 1.36. The van der Waals surface area contributed by atoms with Crippen molar-refractivity contribution < 1.29 is 0 Å². The lowest BCUT2D eigenvalue weighted by Crippen LogP contribution is -1.83. The van der Waals surface area contributed by atoms with E-state index < -0.39 is 0 Å². The Balaban J connectivity index is 2.45. The van der Waals surface area contributed by atoms with Gasteiger partial charge in [0.05, 0.1) is 9.71 Å². The molecule has 2 heterocycles. The molecule has 14 heavy (non-hydrogen) atoms. The number of fused-ring (bicyclic) bond motifs is 1. The van der Waals surface area contributed by atoms with Crippen LogP contribution >= 0.6 is 22.7 Å². The van der Waals surface area contributed by atoms with Gasteiger partial charge in [0.2, 0.25) is 0 Å². The van der Waals surface area contributed by atoms with Crippen LogP contribution in [0.1, 0.15) is 49.4 Å². The summed E-state index contributed by atoms with van der Waals surface area (Å²) >= 11 is 3.69. The molecular weight excluding hydrogens is 210 g/mol. The molecule has 0 aliphatic rings. The van der Waals surface area contributed by atoms with Gasteiger partial charge in [-0.25, -0.2) is 4.98 Å². The minimum Gasteiger partial charge on any atom is -0.230 e. The quantitative estimate of drug-likeness (QED) is 0.727. The van der Waals surface area contributed by atoms with Crippen LogP contribution < -0.4 is 0 Å². The molecule has 0 saturated carbocycles. The maximum Gasteiger partial charge on any atom is 0.134 e. The molecule has 0 spiro atoms. The average molecular weight is 225 g/mol. The molecule has 76 valence electrons. The van der Waals surface area contributed by atoms with Crippen molar-refractivity contribution >= 4 is 32.2 Å². The number of thiazole rings is 1. The molecule has 0 amide bonds. The minimum absolute atomic E-state index is 0.557. The third-order valence-corrected chi connectivity index (χ3v) is 4.95. The lowest BCUT2D eigenvalue weighted by atomic mass is 10.2. The standard InChI is InChI=1S/C11H15NS2/c1-6(2)8-5-9-11(13-8)12-10(14-9)7(3)4/h5-7H,1-4H3. The van der Waals surface area contributed by atoms with Gasteiger partial charge < -0.3 is 0 Å². The molecule has 3 heteroatoms. The Morgan fingerprint density at radius 3 is 2.29 bits per heavy atom. The van der Waals surface area contributed by atoms with Crippen LogP contribution in [0.2, 0.25) is 0 Å². The SMILES string of the molecule is CC(C)c1cc2sc(C(C)C)nc2s1. The van der Waals surface area contributed by atoms with Crippen LogP contribution in [-0.2, 0) is 0 Å². The highest BCUT2D eigenvalue weighted by Gasteiger charge is 2.11. The second-order valence-electron chi connectivity index (χ2n) is 4.18. The Morgan fingerprint density at radius 2 is 1.79 bits per heavy atom. The van der Waals surface area contributed by atoms with E-state index in [0.29, 0.717) is 11.8 Å². The molecule has 0 aliphatic heterocycles. The first-order valence-corrected chi connectivity index (χ1v) is 6.61. The summed E-state index contributed by atoms with van der Waals surface area (Å²) in [5.74, 6) is 1.19. The maximum absolute atomic E-state index is 4.65. The van der Waals surface area contributed by atoms with Gasteiger partial charge in [-0.05, 0) is 12.0 Å². The van der Waals surface area contributed by atoms with E-state index in [1.165, 1.54) is 19.4 Å². The molecule has 0 radical (unpaired) electrons. The first-order chi connectivity index (χ1) is 6.58. The van der Waals surface area contributed by atoms with Gasteiger partial charge in [0, 0.05) is 10.8 Å². The third-order valence-electron chi connectivity index (χ3n) is 2.19. The fourth-order valence-corrected chi connectivity index (χ4v) is 3.54. The van der Waals surface area contributed by atoms with Crippen LogP contribution in [0.3, 0.4) is 0 Å². The van der Waals surface area contributed by atoms with Crippen LogP contribution in [0.15, 0.2) is 6.07 Å². The molecule has 0 unspecified atom stereocenters. The summed E-state index contributed by atoms with van der Waals surface area (Å²) in [7, 11) is 0. The summed E-state index contributed by atoms with van der Waals surface area (Å²) in [4.78, 5) is 7.33. The van der Waals surface area contributed by atoms with E-state index in [4.69, 9.17) is 0 Å². The second-order valence-corrected chi connectivity index (χ2v) is 6.30. The van der Waals surface area contributed by atoms with Crippen molar-refractivity contribution in [3.63, 3.8) is 0 Å². The van der Waals surface area contributed by atoms with Crippen LogP contribution in [0.4, 0.5) is 0 Å². The molecule has 0 atom stereocenters. The Labute approximate surface area is 92.8 Å². The van der Waals surface area contributed by atoms with Crippen molar-refractivity contribution in [3.05, 3.63) is 16.0 Å². The van der Waals surface area contributed by atoms with Gasteiger partial charge in [-0.1, -0.05) is 27.7 Å². The molecule has 0 saturated heterocycles. The number of hydrogen-bond donors (Lipinski definition) is 0. The second kappa shape index (κ2) is 3.63. The maximum atomic E-state index is 4.65. The molecule has 2 rings (SSSR count). The van der Waals surface area contributed by atoms with Crippen molar-refractivity contribution in [2.45, 2.75) is 39.5 Å². The number of nitrogens with zero attached hydrogens (tertiary/aromatic N) is 1. The summed E-state index contributed by atoms with van der Waals surface area (Å²) in [6, 6.07) is 2.30. The first kappa shape index (κ1) is 10.1. The molecule has 0 N–H and O–H groups in total. The van der Waals surface area contributed by atoms with Crippen LogP contribution in [0.5, 0.6) is 0 Å². The number of thiophene rings is 1. The number of rotatable bonds is 2. The fraction of sp³-hybridized carbons (Fsp3) is 0.545. The van der Waals surface area contributed by atoms with E-state index in [1.807, 2.05) is 22.7 Å². The molecule has 1 nitrogen and oxygen atoms in total. The monoisotopic (exact) mass is 225 g/mol. The molecule has 2 aromatic rings. The highest BCUT2D eigenvalue weighted by Crippen LogP contribution is 2.35. The summed E-state index contributed by atoms with van der Waals surface area (Å²) in [6.07, 6.45) is 0. The highest BCUT2D eigenvalue weighted by atomic mass is 32.1. The molecule has 0 bridgehead atoms. The van der Waals surface area contributed by atoms with Gasteiger partial charge in [0.15, 0.2) is 0 Å². The summed E-state index contributed by atoms with van der Waals surface area (Å²) in [6.45, 7) is 8.87. The van der Waals surface area contributed by atoms with Gasteiger partial charge in [0.25, 0.3) is 0 Å². The van der Waals surface area contributed by atoms with Gasteiger partial charge in [-0.2, -0.15) is 0 Å². The molecule has 0 aromatic carbocycles. The normalized spacial score (nSPS) is 12.1. The molecular formula is C11H15NS2. The zero-order valence-corrected chi connectivity index (χ0v) is 10.6. The summed E-state index contributed by atoms with van der Waals surface area (Å²) in [5.41, 5.74) is 0. The van der Waals surface area contributed by atoms with Crippen molar-refractivity contribution in [1.82, 2.24) is 4.98 Å². The average Bonchev–Trinajstić information content (AvgIpc) is 2.57. The van der Waals surface area contributed by atoms with Crippen molar-refractivity contribution in [2.24, 2.45) is 0 Å². The summed E-state index contributed by atoms with van der Waals surface area (Å²) in [5, 5.41) is 1.27. The highest BCUT2D eigenvalue weighted by molar-refractivity contribution is 7.27. The van der Waals surface area contributed by atoms with E-state index in [1.54, 1.807) is 0 Å². The van der Waals surface area contributed by atoms with E-state index in [0.717, 1.165) is 0 Å². The Kier molecular flexibility index (Phi) is 2.62. The lowest BCUT2D eigenvalue weighted by molar-refractivity contribution is 0.857. The Morgan fingerprint density at radius 1 is 1.07 bits per heavy atom. The fourth-order valence-electron chi connectivity index (χ4n) is 1.30. The van der Waals surface area contributed by atoms with Crippen molar-refractivity contribution in [1.29, 1.82) is 0 Å². The third kappa shape index (κ3) is 1.71. The number of aromatic nitrogens is 1. The first-order valence-electron chi connectivity index (χ1n) is 4.98. The van der Waals surface area contributed by atoms with Gasteiger partial charge in [-0.15, -0.1) is 22.7 Å². The Hall–Kier alpha value is -0.410.